The zero-order valence-corrected chi connectivity index (χ0v) is 19.1. The molecule has 0 N–H and O–H groups in total. The molecule has 0 radical (unpaired) electrons. The lowest BCUT2D eigenvalue weighted by Crippen LogP contribution is -2.42. The van der Waals surface area contributed by atoms with Crippen LogP contribution in [-0.4, -0.2) is 41.6 Å². The van der Waals surface area contributed by atoms with Crippen molar-refractivity contribution in [2.24, 2.45) is 7.05 Å². The van der Waals surface area contributed by atoms with Gasteiger partial charge in [0.05, 0.1) is 34.9 Å². The number of likely N-dealkylation sites (tertiary alicyclic amines) is 1. The molecule has 8 nitrogen and oxygen atoms in total. The van der Waals surface area contributed by atoms with Crippen LogP contribution in [0.4, 0.5) is 0 Å². The van der Waals surface area contributed by atoms with Crippen molar-refractivity contribution in [3.8, 4) is 6.07 Å². The zero-order valence-electron chi connectivity index (χ0n) is 19.1. The van der Waals surface area contributed by atoms with Crippen LogP contribution in [0.1, 0.15) is 55.6 Å². The Labute approximate surface area is 192 Å². The normalized spacial score (nSPS) is 20.2. The molecule has 3 atom stereocenters. The van der Waals surface area contributed by atoms with Crippen molar-refractivity contribution in [2.45, 2.75) is 51.1 Å². The van der Waals surface area contributed by atoms with E-state index in [1.807, 2.05) is 16.6 Å². The third-order valence-corrected chi connectivity index (χ3v) is 7.01. The molecule has 1 aliphatic rings. The molecule has 1 saturated heterocycles. The molecule has 168 valence electrons. The number of nitrogens with zero attached hydrogens (tertiary/aromatic N) is 7. The van der Waals surface area contributed by atoms with Gasteiger partial charge in [0.2, 0.25) is 0 Å². The molecule has 4 heterocycles. The Morgan fingerprint density at radius 3 is 2.73 bits per heavy atom. The van der Waals surface area contributed by atoms with E-state index < -0.39 is 0 Å². The first-order valence-electron chi connectivity index (χ1n) is 11.4. The van der Waals surface area contributed by atoms with Crippen molar-refractivity contribution in [3.05, 3.63) is 70.0 Å². The summed E-state index contributed by atoms with van der Waals surface area (Å²) in [5.41, 5.74) is 5.39. The molecular formula is C25H27N7O. The van der Waals surface area contributed by atoms with Gasteiger partial charge in [0.1, 0.15) is 5.65 Å². The molecule has 1 aromatic carbocycles. The summed E-state index contributed by atoms with van der Waals surface area (Å²) in [7, 11) is 1.75. The van der Waals surface area contributed by atoms with Crippen molar-refractivity contribution in [1.82, 2.24) is 29.0 Å². The number of benzene rings is 1. The van der Waals surface area contributed by atoms with E-state index in [0.717, 1.165) is 41.8 Å². The van der Waals surface area contributed by atoms with Gasteiger partial charge < -0.3 is 0 Å². The van der Waals surface area contributed by atoms with Gasteiger partial charge in [0.15, 0.2) is 0 Å². The van der Waals surface area contributed by atoms with Gasteiger partial charge in [-0.2, -0.15) is 10.4 Å². The molecule has 0 spiro atoms. The molecule has 4 aromatic rings. The lowest BCUT2D eigenvalue weighted by molar-refractivity contribution is 0.102. The van der Waals surface area contributed by atoms with Crippen LogP contribution in [0.5, 0.6) is 0 Å². The molecule has 0 amide bonds. The van der Waals surface area contributed by atoms with E-state index in [-0.39, 0.29) is 23.9 Å². The quantitative estimate of drug-likeness (QED) is 0.482. The molecule has 3 aromatic heterocycles. The third-order valence-electron chi connectivity index (χ3n) is 7.01. The first kappa shape index (κ1) is 21.3. The average molecular weight is 442 g/mol. The Bertz CT molecular complexity index is 1430. The van der Waals surface area contributed by atoms with Gasteiger partial charge in [0.25, 0.3) is 5.56 Å². The second kappa shape index (κ2) is 8.41. The molecule has 1 unspecified atom stereocenters. The van der Waals surface area contributed by atoms with Crippen molar-refractivity contribution in [3.63, 3.8) is 0 Å². The predicted octanol–water partition coefficient (Wildman–Crippen LogP) is 3.37. The molecular weight excluding hydrogens is 414 g/mol. The van der Waals surface area contributed by atoms with Crippen LogP contribution < -0.4 is 5.56 Å². The molecule has 5 rings (SSSR count). The van der Waals surface area contributed by atoms with Crippen LogP contribution in [0.25, 0.3) is 16.7 Å². The zero-order chi connectivity index (χ0) is 23.1. The van der Waals surface area contributed by atoms with Crippen LogP contribution in [-0.2, 0) is 13.5 Å². The number of aromatic nitrogens is 5. The van der Waals surface area contributed by atoms with Crippen molar-refractivity contribution >= 4 is 16.7 Å². The van der Waals surface area contributed by atoms with E-state index >= 15 is 0 Å². The highest BCUT2D eigenvalue weighted by Crippen LogP contribution is 2.36. The summed E-state index contributed by atoms with van der Waals surface area (Å²) in [5.74, 6) is 0.233. The maximum atomic E-state index is 12.6. The minimum atomic E-state index is -0.0402. The Hall–Kier alpha value is -3.57. The molecule has 1 fully saturated rings. The number of rotatable bonds is 4. The van der Waals surface area contributed by atoms with Gasteiger partial charge in [-0.05, 0) is 50.9 Å². The predicted molar refractivity (Wildman–Crippen MR) is 126 cm³/mol. The van der Waals surface area contributed by atoms with Crippen molar-refractivity contribution in [1.29, 1.82) is 5.26 Å². The molecule has 1 aliphatic heterocycles. The standard InChI is InChI=1S/C25H27N7O/c1-16-12-19(23-15-25(33)30(3)24-14-20(6-8-26)29-32(23)24)7-11-31(16)17(2)18-4-5-21-22(13-18)28-10-9-27-21/h4-5,9-10,13-17,19H,6-7,11-12H2,1-3H3/t16-,17+,19?/m1/s1. The Balaban J connectivity index is 1.41. The Morgan fingerprint density at radius 1 is 1.18 bits per heavy atom. The number of piperidine rings is 1. The summed E-state index contributed by atoms with van der Waals surface area (Å²) < 4.78 is 3.47. The smallest absolute Gasteiger partial charge is 0.253 e. The third kappa shape index (κ3) is 3.79. The van der Waals surface area contributed by atoms with Crippen LogP contribution >= 0.6 is 0 Å². The maximum Gasteiger partial charge on any atom is 0.253 e. The van der Waals surface area contributed by atoms with Gasteiger partial charge in [0, 0.05) is 49.6 Å². The van der Waals surface area contributed by atoms with Crippen molar-refractivity contribution in [2.75, 3.05) is 6.54 Å². The van der Waals surface area contributed by atoms with E-state index in [4.69, 9.17) is 5.26 Å². The van der Waals surface area contributed by atoms with Gasteiger partial charge >= 0.3 is 0 Å². The van der Waals surface area contributed by atoms with Gasteiger partial charge in [-0.1, -0.05) is 6.07 Å². The SMILES string of the molecule is C[C@@H]1CC(c2cc(=O)n(C)c3cc(CC#N)nn23)CCN1[C@@H](C)c1ccc2nccnc2c1. The Morgan fingerprint density at radius 2 is 1.97 bits per heavy atom. The molecule has 0 aliphatic carbocycles. The second-order valence-corrected chi connectivity index (χ2v) is 9.00. The lowest BCUT2D eigenvalue weighted by atomic mass is 9.87. The lowest BCUT2D eigenvalue weighted by Gasteiger charge is -2.41. The van der Waals surface area contributed by atoms with E-state index in [9.17, 15) is 4.79 Å². The second-order valence-electron chi connectivity index (χ2n) is 9.00. The molecule has 0 bridgehead atoms. The number of hydrogen-bond acceptors (Lipinski definition) is 6. The number of fused-ring (bicyclic) bond motifs is 2. The number of nitriles is 1. The summed E-state index contributed by atoms with van der Waals surface area (Å²) >= 11 is 0. The number of hydrogen-bond donors (Lipinski definition) is 0. The fourth-order valence-corrected chi connectivity index (χ4v) is 5.17. The summed E-state index contributed by atoms with van der Waals surface area (Å²) in [4.78, 5) is 24.0. The topological polar surface area (TPSA) is 92.1 Å². The molecule has 0 saturated carbocycles. The summed E-state index contributed by atoms with van der Waals surface area (Å²) in [6.45, 7) is 5.42. The van der Waals surface area contributed by atoms with Crippen LogP contribution in [0.2, 0.25) is 0 Å². The summed E-state index contributed by atoms with van der Waals surface area (Å²) in [5, 5.41) is 13.7. The fourth-order valence-electron chi connectivity index (χ4n) is 5.17. The summed E-state index contributed by atoms with van der Waals surface area (Å²) in [6.07, 6.45) is 5.56. The van der Waals surface area contributed by atoms with Crippen LogP contribution in [0, 0.1) is 11.3 Å². The van der Waals surface area contributed by atoms with Crippen LogP contribution in [0.3, 0.4) is 0 Å². The highest BCUT2D eigenvalue weighted by molar-refractivity contribution is 5.74. The maximum absolute atomic E-state index is 12.6. The highest BCUT2D eigenvalue weighted by atomic mass is 16.1. The summed E-state index contributed by atoms with van der Waals surface area (Å²) in [6, 6.07) is 12.6. The number of aryl methyl sites for hydroxylation is 1. The first-order chi connectivity index (χ1) is 16.0. The van der Waals surface area contributed by atoms with Crippen molar-refractivity contribution < 1.29 is 0 Å². The minimum Gasteiger partial charge on any atom is -0.296 e. The van der Waals surface area contributed by atoms with Gasteiger partial charge in [-0.25, -0.2) is 4.52 Å². The average Bonchev–Trinajstić information content (AvgIpc) is 3.25. The van der Waals surface area contributed by atoms with E-state index in [2.05, 4.69) is 52.0 Å². The van der Waals surface area contributed by atoms with E-state index in [1.54, 1.807) is 30.1 Å². The van der Waals surface area contributed by atoms with Gasteiger partial charge in [-0.15, -0.1) is 0 Å². The molecule has 8 heteroatoms. The first-order valence-corrected chi connectivity index (χ1v) is 11.4. The van der Waals surface area contributed by atoms with E-state index in [0.29, 0.717) is 11.7 Å². The largest absolute Gasteiger partial charge is 0.296 e. The molecule has 33 heavy (non-hydrogen) atoms. The minimum absolute atomic E-state index is 0.0402. The van der Waals surface area contributed by atoms with E-state index in [1.165, 1.54) is 5.56 Å². The Kier molecular flexibility index (Phi) is 5.43. The monoisotopic (exact) mass is 441 g/mol. The van der Waals surface area contributed by atoms with Gasteiger partial charge in [-0.3, -0.25) is 24.2 Å². The van der Waals surface area contributed by atoms with Crippen LogP contribution in [0.15, 0.2) is 47.5 Å². The fraction of sp³-hybridized carbons (Fsp3) is 0.400. The highest BCUT2D eigenvalue weighted by Gasteiger charge is 2.32.